The number of benzene rings is 4. The van der Waals surface area contributed by atoms with E-state index in [-0.39, 0.29) is 82.9 Å². The Morgan fingerprint density at radius 2 is 1.30 bits per heavy atom. The first-order chi connectivity index (χ1) is 39.8. The first-order valence-electron chi connectivity index (χ1n) is 28.8. The van der Waals surface area contributed by atoms with Gasteiger partial charge in [-0.3, -0.25) is 38.7 Å². The summed E-state index contributed by atoms with van der Waals surface area (Å²) in [4.78, 5) is 102. The number of nitrogens with one attached hydrogen (secondary N) is 4. The minimum absolute atomic E-state index is 0.0443. The third-order valence-corrected chi connectivity index (χ3v) is 14.7. The van der Waals surface area contributed by atoms with Gasteiger partial charge in [0.05, 0.1) is 26.4 Å². The third-order valence-electron chi connectivity index (χ3n) is 14.7. The summed E-state index contributed by atoms with van der Waals surface area (Å²) < 4.78 is 17.1. The van der Waals surface area contributed by atoms with Crippen molar-refractivity contribution in [3.8, 4) is 0 Å². The lowest BCUT2D eigenvalue weighted by Crippen LogP contribution is -2.65. The number of hydrogen-bond acceptors (Lipinski definition) is 13. The summed E-state index contributed by atoms with van der Waals surface area (Å²) in [7, 11) is 0. The molecule has 2 aliphatic rings. The van der Waals surface area contributed by atoms with E-state index in [1.54, 1.807) is 27.7 Å². The zero-order chi connectivity index (χ0) is 59.9. The number of carbonyl (C=O) groups is 7. The largest absolute Gasteiger partial charge is 0.862 e. The molecule has 83 heavy (non-hydrogen) atoms. The van der Waals surface area contributed by atoms with E-state index in [1.807, 2.05) is 115 Å². The van der Waals surface area contributed by atoms with Crippen LogP contribution < -0.4 is 32.1 Å². The number of hydrogen-bond donors (Lipinski definition) is 5. The number of ether oxygens (including phenoxy) is 3. The SMILES string of the molecule is C=C(N)c1ccc(CNC(=O)[C@@H]2CCN2C(=O)[C@@H](C2CCCCC2)N(CC(=O)NCCOCCOCCNC(=O)[C@H](CC(C)=O)NC(=O)[C@@H](C)CCC([O-])=NC(c2ccccc2)(c2ccccc2)c2ccccc2)C(=O)OC(C)(C)C)cc1. The molecule has 6 rings (SSSR count). The van der Waals surface area contributed by atoms with Gasteiger partial charge in [0, 0.05) is 44.2 Å². The van der Waals surface area contributed by atoms with Crippen LogP contribution in [0.1, 0.15) is 120 Å². The molecule has 4 aromatic rings. The van der Waals surface area contributed by atoms with E-state index in [0.29, 0.717) is 31.5 Å². The maximum Gasteiger partial charge on any atom is 0.411 e. The molecule has 4 aromatic carbocycles. The molecule has 1 saturated carbocycles. The molecule has 19 heteroatoms. The Morgan fingerprint density at radius 3 is 1.81 bits per heavy atom. The van der Waals surface area contributed by atoms with Gasteiger partial charge in [0.25, 0.3) is 0 Å². The predicted molar refractivity (Wildman–Crippen MR) is 315 cm³/mol. The minimum atomic E-state index is -1.15. The minimum Gasteiger partial charge on any atom is -0.862 e. The molecule has 4 atom stereocenters. The molecule has 0 aromatic heterocycles. The molecule has 0 bridgehead atoms. The van der Waals surface area contributed by atoms with Crippen LogP contribution in [0.4, 0.5) is 4.79 Å². The van der Waals surface area contributed by atoms with Gasteiger partial charge in [-0.1, -0.05) is 148 Å². The molecule has 1 saturated heterocycles. The van der Waals surface area contributed by atoms with E-state index in [0.717, 1.165) is 47.1 Å². The van der Waals surface area contributed by atoms with E-state index in [2.05, 4.69) is 27.8 Å². The van der Waals surface area contributed by atoms with Gasteiger partial charge in [0.2, 0.25) is 29.5 Å². The maximum atomic E-state index is 14.6. The van der Waals surface area contributed by atoms with Gasteiger partial charge in [0.1, 0.15) is 41.6 Å². The Kier molecular flexibility index (Phi) is 24.4. The zero-order valence-electron chi connectivity index (χ0n) is 48.7. The monoisotopic (exact) mass is 1140 g/mol. The second-order valence-corrected chi connectivity index (χ2v) is 22.3. The molecule has 6 amide bonds. The Balaban J connectivity index is 0.940. The lowest BCUT2D eigenvalue weighted by molar-refractivity contribution is -0.220. The zero-order valence-corrected chi connectivity index (χ0v) is 48.7. The van der Waals surface area contributed by atoms with Crippen LogP contribution in [0.15, 0.2) is 127 Å². The number of carbonyl (C=O) groups excluding carboxylic acids is 7. The fourth-order valence-electron chi connectivity index (χ4n) is 10.3. The third kappa shape index (κ3) is 19.1. The quantitative estimate of drug-likeness (QED) is 0.0177. The maximum absolute atomic E-state index is 14.6. The number of amides is 6. The van der Waals surface area contributed by atoms with Crippen LogP contribution >= 0.6 is 0 Å². The molecule has 6 N–H and O–H groups in total. The summed E-state index contributed by atoms with van der Waals surface area (Å²) in [6, 6.07) is 33.2. The predicted octanol–water partition coefficient (Wildman–Crippen LogP) is 5.92. The van der Waals surface area contributed by atoms with E-state index in [4.69, 9.17) is 24.9 Å². The van der Waals surface area contributed by atoms with Crippen molar-refractivity contribution in [2.75, 3.05) is 52.6 Å². The van der Waals surface area contributed by atoms with Crippen LogP contribution in [0.5, 0.6) is 0 Å². The molecule has 2 fully saturated rings. The van der Waals surface area contributed by atoms with Crippen LogP contribution in [-0.4, -0.2) is 133 Å². The number of ketones is 1. The molecular weight excluding hydrogens is 1060 g/mol. The molecule has 0 unspecified atom stereocenters. The van der Waals surface area contributed by atoms with E-state index < -0.39 is 77.3 Å². The second-order valence-electron chi connectivity index (χ2n) is 22.3. The number of rotatable bonds is 30. The Morgan fingerprint density at radius 1 is 0.747 bits per heavy atom. The van der Waals surface area contributed by atoms with Gasteiger partial charge in [-0.2, -0.15) is 0 Å². The Bertz CT molecular complexity index is 2720. The molecule has 1 heterocycles. The van der Waals surface area contributed by atoms with E-state index in [1.165, 1.54) is 16.7 Å². The standard InChI is InChI=1S/C64H84N8O11/c1-44(27-32-55(74)70-64(50-21-13-8-14-22-50,51-23-15-9-16-24-51)52-25-17-10-18-26-52)58(76)69-53(41-45(2)73)59(77)67-35-38-82-40-39-81-37-34-66-56(75)43-72(62(80)83-63(4,5)6)57(49-19-11-7-12-20-49)61(79)71-36-33-54(71)60(78)68-42-47-28-30-48(31-29-47)46(3)65/h8-10,13-18,21-26,28-31,44,49,53-54,57H,3,7,11-12,19-20,27,32-43,65H2,1-2,4-6H3,(H,66,75)(H,67,77)(H,68,78)(H,69,76)(H,70,74)/p-1/t44-,53-,54-,57+/m0/s1. The number of Topliss-reactive ketones (excluding diaryl/α,β-unsaturated/α-hetero) is 1. The summed E-state index contributed by atoms with van der Waals surface area (Å²) in [5.41, 5.74) is 8.22. The number of aliphatic imine (C=N–C) groups is 1. The van der Waals surface area contributed by atoms with Crippen LogP contribution in [0.2, 0.25) is 0 Å². The molecule has 1 aliphatic carbocycles. The van der Waals surface area contributed by atoms with Gasteiger partial charge in [-0.05, 0) is 99.4 Å². The van der Waals surface area contributed by atoms with Gasteiger partial charge >= 0.3 is 6.09 Å². The van der Waals surface area contributed by atoms with E-state index in [9.17, 15) is 38.7 Å². The number of likely N-dealkylation sites (tertiary alicyclic amines) is 1. The normalized spacial score (nSPS) is 15.8. The van der Waals surface area contributed by atoms with Gasteiger partial charge in [0.15, 0.2) is 0 Å². The van der Waals surface area contributed by atoms with Crippen molar-refractivity contribution in [3.05, 3.63) is 150 Å². The summed E-state index contributed by atoms with van der Waals surface area (Å²) in [6.07, 6.45) is 3.54. The Labute approximate surface area is 488 Å². The lowest BCUT2D eigenvalue weighted by Gasteiger charge is -2.46. The highest BCUT2D eigenvalue weighted by Gasteiger charge is 2.47. The first-order valence-corrected chi connectivity index (χ1v) is 28.8. The van der Waals surface area contributed by atoms with Crippen LogP contribution in [0.3, 0.4) is 0 Å². The van der Waals surface area contributed by atoms with Crippen molar-refractivity contribution in [2.24, 2.45) is 22.6 Å². The van der Waals surface area contributed by atoms with Gasteiger partial charge in [-0.15, -0.1) is 0 Å². The summed E-state index contributed by atoms with van der Waals surface area (Å²) in [5.74, 6) is -3.94. The fourth-order valence-corrected chi connectivity index (χ4v) is 10.3. The van der Waals surface area contributed by atoms with Crippen molar-refractivity contribution in [2.45, 2.75) is 128 Å². The van der Waals surface area contributed by atoms with Crippen LogP contribution in [0, 0.1) is 11.8 Å². The molecular formula is C64H83N8O11-. The summed E-state index contributed by atoms with van der Waals surface area (Å²) >= 11 is 0. The molecule has 0 radical (unpaired) electrons. The lowest BCUT2D eigenvalue weighted by atomic mass is 9.77. The van der Waals surface area contributed by atoms with Crippen LogP contribution in [-0.2, 0) is 55.1 Å². The first kappa shape index (κ1) is 64.3. The van der Waals surface area contributed by atoms with Crippen molar-refractivity contribution < 1.29 is 52.9 Å². The summed E-state index contributed by atoms with van der Waals surface area (Å²) in [6.45, 7) is 12.6. The molecule has 1 aliphatic heterocycles. The van der Waals surface area contributed by atoms with Crippen molar-refractivity contribution in [3.63, 3.8) is 0 Å². The second kappa shape index (κ2) is 31.5. The molecule has 0 spiro atoms. The molecule has 446 valence electrons. The molecule has 19 nitrogen and oxygen atoms in total. The van der Waals surface area contributed by atoms with Gasteiger partial charge in [-0.25, -0.2) is 4.79 Å². The topological polar surface area (TPSA) is 263 Å². The highest BCUT2D eigenvalue weighted by atomic mass is 16.6. The fraction of sp³-hybridized carbons (Fsp3) is 0.469. The number of nitrogens with two attached hydrogens (primary N) is 1. The smallest absolute Gasteiger partial charge is 0.411 e. The Hall–Kier alpha value is -7.90. The van der Waals surface area contributed by atoms with Gasteiger partial charge < -0.3 is 51.2 Å². The van der Waals surface area contributed by atoms with Crippen molar-refractivity contribution in [1.82, 2.24) is 31.1 Å². The van der Waals surface area contributed by atoms with Crippen molar-refractivity contribution in [1.29, 1.82) is 0 Å². The van der Waals surface area contributed by atoms with E-state index >= 15 is 0 Å². The average molecular weight is 1140 g/mol. The number of nitrogens with zero attached hydrogens (tertiary/aromatic N) is 3. The highest BCUT2D eigenvalue weighted by molar-refractivity contribution is 5.95. The van der Waals surface area contributed by atoms with Crippen LogP contribution in [0.25, 0.3) is 5.70 Å². The highest BCUT2D eigenvalue weighted by Crippen LogP contribution is 2.41. The van der Waals surface area contributed by atoms with Crippen molar-refractivity contribution >= 4 is 53.0 Å². The summed E-state index contributed by atoms with van der Waals surface area (Å²) in [5, 5.41) is 25.0. The average Bonchev–Trinajstić information content (AvgIpc) is 3.45.